The molecular weight excluding hydrogens is 180 g/mol. The maximum atomic E-state index is 4.91. The lowest BCUT2D eigenvalue weighted by atomic mass is 10.4. The van der Waals surface area contributed by atoms with Gasteiger partial charge in [0.05, 0.1) is 4.99 Å². The third kappa shape index (κ3) is 6.96. The molecule has 1 rings (SSSR count). The summed E-state index contributed by atoms with van der Waals surface area (Å²) in [7, 11) is 0. The van der Waals surface area contributed by atoms with E-state index in [4.69, 9.17) is 12.2 Å². The third-order valence-electron chi connectivity index (χ3n) is 2.00. The van der Waals surface area contributed by atoms with Gasteiger partial charge in [0.25, 0.3) is 0 Å². The van der Waals surface area contributed by atoms with E-state index in [-0.39, 0.29) is 1.43 Å². The molecule has 0 unspecified atom stereocenters. The van der Waals surface area contributed by atoms with Gasteiger partial charge >= 0.3 is 0 Å². The lowest BCUT2D eigenvalue weighted by molar-refractivity contribution is 0.344. The Labute approximate surface area is 89.2 Å². The Morgan fingerprint density at radius 3 is 2.38 bits per heavy atom. The van der Waals surface area contributed by atoms with Crippen molar-refractivity contribution in [2.75, 3.05) is 26.2 Å². The first-order valence-electron chi connectivity index (χ1n) is 5.26. The van der Waals surface area contributed by atoms with Crippen molar-refractivity contribution in [2.24, 2.45) is 0 Å². The molecule has 0 aromatic rings. The normalized spacial score (nSPS) is 16.2. The zero-order valence-electron chi connectivity index (χ0n) is 9.10. The van der Waals surface area contributed by atoms with Gasteiger partial charge in [-0.05, 0) is 32.9 Å². The third-order valence-corrected chi connectivity index (χ3v) is 2.14. The van der Waals surface area contributed by atoms with Gasteiger partial charge in [0.2, 0.25) is 0 Å². The van der Waals surface area contributed by atoms with Crippen LogP contribution in [-0.2, 0) is 0 Å². The maximum absolute atomic E-state index is 4.91. The quantitative estimate of drug-likeness (QED) is 0.710. The van der Waals surface area contributed by atoms with Crippen LogP contribution in [0.5, 0.6) is 0 Å². The summed E-state index contributed by atoms with van der Waals surface area (Å²) in [5, 5.41) is 3.16. The van der Waals surface area contributed by atoms with Crippen molar-refractivity contribution < 1.29 is 1.43 Å². The Hall–Kier alpha value is -0.150. The summed E-state index contributed by atoms with van der Waals surface area (Å²) >= 11 is 4.91. The highest BCUT2D eigenvalue weighted by Crippen LogP contribution is 2.05. The lowest BCUT2D eigenvalue weighted by Gasteiger charge is -2.14. The first kappa shape index (κ1) is 12.8. The highest BCUT2D eigenvalue weighted by molar-refractivity contribution is 7.80. The molecule has 1 saturated heterocycles. The molecule has 1 aliphatic rings. The van der Waals surface area contributed by atoms with E-state index in [1.54, 1.807) is 0 Å². The van der Waals surface area contributed by atoms with Crippen LogP contribution in [0.1, 0.15) is 35.0 Å². The zero-order chi connectivity index (χ0) is 10.1. The fourth-order valence-electron chi connectivity index (χ4n) is 1.40. The molecule has 0 aliphatic carbocycles. The highest BCUT2D eigenvalue weighted by atomic mass is 32.1. The van der Waals surface area contributed by atoms with Crippen LogP contribution < -0.4 is 5.32 Å². The van der Waals surface area contributed by atoms with Crippen molar-refractivity contribution in [1.82, 2.24) is 10.2 Å². The molecule has 0 aromatic carbocycles. The van der Waals surface area contributed by atoms with Gasteiger partial charge in [-0.25, -0.2) is 0 Å². The Kier molecular flexibility index (Phi) is 8.35. The van der Waals surface area contributed by atoms with Crippen molar-refractivity contribution in [3.8, 4) is 0 Å². The van der Waals surface area contributed by atoms with E-state index >= 15 is 0 Å². The molecule has 1 N–H and O–H groups in total. The summed E-state index contributed by atoms with van der Waals surface area (Å²) in [5.74, 6) is 0. The Bertz CT molecular complexity index is 136. The molecule has 0 bridgehead atoms. The van der Waals surface area contributed by atoms with Gasteiger partial charge in [0.1, 0.15) is 0 Å². The van der Waals surface area contributed by atoms with Gasteiger partial charge in [-0.2, -0.15) is 0 Å². The molecule has 0 atom stereocenters. The first-order chi connectivity index (χ1) is 6.29. The minimum Gasteiger partial charge on any atom is -0.379 e. The number of nitrogens with one attached hydrogen (secondary N) is 1. The van der Waals surface area contributed by atoms with Crippen molar-refractivity contribution in [3.63, 3.8) is 0 Å². The van der Waals surface area contributed by atoms with E-state index in [9.17, 15) is 0 Å². The molecular formula is C10H24N2S. The lowest BCUT2D eigenvalue weighted by Crippen LogP contribution is -2.31. The van der Waals surface area contributed by atoms with E-state index in [0.29, 0.717) is 0 Å². The molecule has 1 aliphatic heterocycles. The number of rotatable bonds is 3. The van der Waals surface area contributed by atoms with Crippen molar-refractivity contribution in [3.05, 3.63) is 0 Å². The molecule has 0 radical (unpaired) electrons. The minimum atomic E-state index is 0. The molecule has 0 amide bonds. The van der Waals surface area contributed by atoms with Gasteiger partial charge < -0.3 is 10.2 Å². The molecule has 2 nitrogen and oxygen atoms in total. The second kappa shape index (κ2) is 8.45. The highest BCUT2D eigenvalue weighted by Gasteiger charge is 2.09. The molecule has 3 heteroatoms. The van der Waals surface area contributed by atoms with E-state index < -0.39 is 0 Å². The summed E-state index contributed by atoms with van der Waals surface area (Å²) in [5.41, 5.74) is 0. The predicted octanol–water partition coefficient (Wildman–Crippen LogP) is 2.29. The molecule has 0 saturated carbocycles. The molecule has 80 valence electrons. The molecule has 1 heterocycles. The van der Waals surface area contributed by atoms with Gasteiger partial charge in [-0.3, -0.25) is 0 Å². The summed E-state index contributed by atoms with van der Waals surface area (Å²) < 4.78 is 0. The average Bonchev–Trinajstić information content (AvgIpc) is 2.60. The van der Waals surface area contributed by atoms with Crippen LogP contribution in [0.25, 0.3) is 0 Å². The maximum Gasteiger partial charge on any atom is 0.0722 e. The second-order valence-electron chi connectivity index (χ2n) is 3.03. The standard InChI is InChI=1S/C8H16N2S.C2H6.H2/c1-8(11)9-4-7-10-5-2-3-6-10;1-2;/h2-7H2,1H3,(H,9,11);1-2H3;1H. The topological polar surface area (TPSA) is 15.3 Å². The summed E-state index contributed by atoms with van der Waals surface area (Å²) in [4.78, 5) is 3.38. The largest absolute Gasteiger partial charge is 0.379 e. The minimum absolute atomic E-state index is 0. The molecule has 0 aromatic heterocycles. The van der Waals surface area contributed by atoms with Crippen molar-refractivity contribution in [1.29, 1.82) is 0 Å². The molecule has 0 spiro atoms. The number of nitrogens with zero attached hydrogens (tertiary/aromatic N) is 1. The Morgan fingerprint density at radius 2 is 1.92 bits per heavy atom. The number of hydrogen-bond acceptors (Lipinski definition) is 2. The van der Waals surface area contributed by atoms with Gasteiger partial charge in [-0.15, -0.1) is 0 Å². The predicted molar refractivity (Wildman–Crippen MR) is 65.4 cm³/mol. The van der Waals surface area contributed by atoms with E-state index in [0.717, 1.165) is 18.1 Å². The van der Waals surface area contributed by atoms with E-state index in [1.165, 1.54) is 25.9 Å². The number of likely N-dealkylation sites (tertiary alicyclic amines) is 1. The van der Waals surface area contributed by atoms with Crippen molar-refractivity contribution >= 4 is 17.2 Å². The first-order valence-corrected chi connectivity index (χ1v) is 5.66. The average molecular weight is 204 g/mol. The monoisotopic (exact) mass is 204 g/mol. The fraction of sp³-hybridized carbons (Fsp3) is 0.900. The van der Waals surface area contributed by atoms with Crippen molar-refractivity contribution in [2.45, 2.75) is 33.6 Å². The number of thiocarbonyl (C=S) groups is 1. The van der Waals surface area contributed by atoms with Crippen LogP contribution in [0.2, 0.25) is 0 Å². The smallest absolute Gasteiger partial charge is 0.0722 e. The zero-order valence-corrected chi connectivity index (χ0v) is 9.91. The Balaban J connectivity index is 0. The van der Waals surface area contributed by atoms with E-state index in [2.05, 4.69) is 10.2 Å². The van der Waals surface area contributed by atoms with Gasteiger partial charge in [0, 0.05) is 14.5 Å². The van der Waals surface area contributed by atoms with Gasteiger partial charge in [-0.1, -0.05) is 26.1 Å². The summed E-state index contributed by atoms with van der Waals surface area (Å²) in [6.07, 6.45) is 2.74. The van der Waals surface area contributed by atoms with Crippen LogP contribution in [0, 0.1) is 0 Å². The van der Waals surface area contributed by atoms with Crippen LogP contribution in [0.3, 0.4) is 0 Å². The summed E-state index contributed by atoms with van der Waals surface area (Å²) in [6, 6.07) is 0. The SMILES string of the molecule is CC.CC(=S)NCCN1CCCC1.[HH]. The van der Waals surface area contributed by atoms with Crippen LogP contribution in [0.15, 0.2) is 0 Å². The van der Waals surface area contributed by atoms with Crippen LogP contribution >= 0.6 is 12.2 Å². The van der Waals surface area contributed by atoms with E-state index in [1.807, 2.05) is 20.8 Å². The van der Waals surface area contributed by atoms with Gasteiger partial charge in [0.15, 0.2) is 0 Å². The fourth-order valence-corrected chi connectivity index (χ4v) is 1.50. The van der Waals surface area contributed by atoms with Crippen LogP contribution in [0.4, 0.5) is 0 Å². The Morgan fingerprint density at radius 1 is 1.38 bits per heavy atom. The molecule has 13 heavy (non-hydrogen) atoms. The van der Waals surface area contributed by atoms with Crippen LogP contribution in [-0.4, -0.2) is 36.1 Å². The second-order valence-corrected chi connectivity index (χ2v) is 3.64. The number of hydrogen-bond donors (Lipinski definition) is 1. The summed E-state index contributed by atoms with van der Waals surface area (Å²) in [6.45, 7) is 10.6. The molecule has 1 fully saturated rings.